The van der Waals surface area contributed by atoms with Crippen molar-refractivity contribution in [3.05, 3.63) is 0 Å². The second kappa shape index (κ2) is 2.17. The smallest absolute Gasteiger partial charge is 0.0655 e. The fourth-order valence-electron chi connectivity index (χ4n) is 1.17. The van der Waals surface area contributed by atoms with E-state index in [4.69, 9.17) is 5.26 Å². The molecule has 0 radical (unpaired) electrons. The zero-order chi connectivity index (χ0) is 5.98. The first-order valence-electron chi connectivity index (χ1n) is 3.26. The fraction of sp³-hybridized carbons (Fsp3) is 0.857. The maximum absolute atomic E-state index is 8.35. The van der Waals surface area contributed by atoms with Gasteiger partial charge in [0.25, 0.3) is 0 Å². The van der Waals surface area contributed by atoms with Crippen LogP contribution in [0.5, 0.6) is 0 Å². The highest BCUT2D eigenvalue weighted by atomic mass is 14.4. The van der Waals surface area contributed by atoms with Crippen LogP contribution in [0, 0.1) is 23.2 Å². The molecule has 1 aliphatic rings. The van der Waals surface area contributed by atoms with Crippen molar-refractivity contribution in [2.75, 3.05) is 0 Å². The van der Waals surface area contributed by atoms with Crippen LogP contribution in [-0.2, 0) is 0 Å². The molecule has 44 valence electrons. The van der Waals surface area contributed by atoms with Crippen molar-refractivity contribution >= 4 is 0 Å². The minimum absolute atomic E-state index is 0.403. The third-order valence-electron chi connectivity index (χ3n) is 2.00. The van der Waals surface area contributed by atoms with Gasteiger partial charge in [0.05, 0.1) is 6.07 Å². The van der Waals surface area contributed by atoms with Crippen molar-refractivity contribution in [1.82, 2.24) is 0 Å². The van der Waals surface area contributed by atoms with Crippen molar-refractivity contribution in [3.63, 3.8) is 0 Å². The molecular weight excluding hydrogens is 98.1 g/mol. The molecule has 0 heterocycles. The summed E-state index contributed by atoms with van der Waals surface area (Å²) in [7, 11) is 0. The molecule has 0 amide bonds. The molecule has 1 rings (SSSR count). The van der Waals surface area contributed by atoms with Crippen LogP contribution < -0.4 is 0 Å². The first-order valence-corrected chi connectivity index (χ1v) is 3.26. The highest BCUT2D eigenvalue weighted by molar-refractivity contribution is 4.93. The second-order valence-electron chi connectivity index (χ2n) is 2.57. The lowest BCUT2D eigenvalue weighted by Gasteiger charge is -2.28. The van der Waals surface area contributed by atoms with Crippen molar-refractivity contribution in [2.24, 2.45) is 11.8 Å². The standard InChI is InChI=1S/C7H11N/c1-2-6-3-7(4-6)5-8/h6-7H,2-4H2,1H3. The highest BCUT2D eigenvalue weighted by Gasteiger charge is 2.26. The van der Waals surface area contributed by atoms with Gasteiger partial charge >= 0.3 is 0 Å². The summed E-state index contributed by atoms with van der Waals surface area (Å²) >= 11 is 0. The molecule has 0 atom stereocenters. The van der Waals surface area contributed by atoms with Crippen LogP contribution in [0.1, 0.15) is 26.2 Å². The topological polar surface area (TPSA) is 23.8 Å². The van der Waals surface area contributed by atoms with Gasteiger partial charge in [-0.1, -0.05) is 13.3 Å². The third kappa shape index (κ3) is 0.838. The predicted molar refractivity (Wildman–Crippen MR) is 32.1 cm³/mol. The van der Waals surface area contributed by atoms with Gasteiger partial charge in [-0.2, -0.15) is 5.26 Å². The maximum atomic E-state index is 8.35. The zero-order valence-electron chi connectivity index (χ0n) is 5.22. The molecule has 0 bridgehead atoms. The van der Waals surface area contributed by atoms with Crippen molar-refractivity contribution < 1.29 is 0 Å². The van der Waals surface area contributed by atoms with Gasteiger partial charge < -0.3 is 0 Å². The first kappa shape index (κ1) is 5.62. The lowest BCUT2D eigenvalue weighted by atomic mass is 9.74. The summed E-state index contributed by atoms with van der Waals surface area (Å²) < 4.78 is 0. The minimum atomic E-state index is 0.403. The number of hydrogen-bond donors (Lipinski definition) is 0. The molecule has 0 spiro atoms. The van der Waals surface area contributed by atoms with E-state index in [-0.39, 0.29) is 0 Å². The number of hydrogen-bond acceptors (Lipinski definition) is 1. The monoisotopic (exact) mass is 109 g/mol. The van der Waals surface area contributed by atoms with E-state index in [1.165, 1.54) is 6.42 Å². The van der Waals surface area contributed by atoms with Crippen LogP contribution in [0.4, 0.5) is 0 Å². The predicted octanol–water partition coefficient (Wildman–Crippen LogP) is 1.95. The summed E-state index contributed by atoms with van der Waals surface area (Å²) in [5.74, 6) is 1.28. The van der Waals surface area contributed by atoms with Crippen LogP contribution in [0.2, 0.25) is 0 Å². The summed E-state index contributed by atoms with van der Waals surface area (Å²) in [4.78, 5) is 0. The molecule has 1 aliphatic carbocycles. The maximum Gasteiger partial charge on any atom is 0.0655 e. The second-order valence-corrected chi connectivity index (χ2v) is 2.57. The summed E-state index contributed by atoms with van der Waals surface area (Å²) in [5.41, 5.74) is 0. The van der Waals surface area contributed by atoms with Gasteiger partial charge in [0, 0.05) is 5.92 Å². The molecule has 1 fully saturated rings. The highest BCUT2D eigenvalue weighted by Crippen LogP contribution is 2.34. The molecule has 0 saturated heterocycles. The third-order valence-corrected chi connectivity index (χ3v) is 2.00. The number of nitrogens with zero attached hydrogens (tertiary/aromatic N) is 1. The molecule has 0 unspecified atom stereocenters. The molecular formula is C7H11N. The molecule has 1 saturated carbocycles. The lowest BCUT2D eigenvalue weighted by Crippen LogP contribution is -2.20. The van der Waals surface area contributed by atoms with Crippen LogP contribution in [-0.4, -0.2) is 0 Å². The van der Waals surface area contributed by atoms with Crippen LogP contribution in [0.25, 0.3) is 0 Å². The van der Waals surface area contributed by atoms with Gasteiger partial charge in [-0.25, -0.2) is 0 Å². The van der Waals surface area contributed by atoms with E-state index < -0.39 is 0 Å². The van der Waals surface area contributed by atoms with E-state index in [1.807, 2.05) is 0 Å². The Hall–Kier alpha value is -0.510. The molecule has 0 N–H and O–H groups in total. The summed E-state index contributed by atoms with van der Waals surface area (Å²) in [5, 5.41) is 8.35. The largest absolute Gasteiger partial charge is 0.198 e. The van der Waals surface area contributed by atoms with E-state index in [9.17, 15) is 0 Å². The van der Waals surface area contributed by atoms with E-state index in [0.29, 0.717) is 5.92 Å². The van der Waals surface area contributed by atoms with Gasteiger partial charge in [-0.05, 0) is 18.8 Å². The Kier molecular flexibility index (Phi) is 1.53. The van der Waals surface area contributed by atoms with Gasteiger partial charge in [0.2, 0.25) is 0 Å². The van der Waals surface area contributed by atoms with Gasteiger partial charge in [-0.3, -0.25) is 0 Å². The summed E-state index contributed by atoms with van der Waals surface area (Å²) in [6.45, 7) is 2.19. The minimum Gasteiger partial charge on any atom is -0.198 e. The average molecular weight is 109 g/mol. The zero-order valence-corrected chi connectivity index (χ0v) is 5.22. The summed E-state index contributed by atoms with van der Waals surface area (Å²) in [6, 6.07) is 2.27. The number of nitriles is 1. The summed E-state index contributed by atoms with van der Waals surface area (Å²) in [6.07, 6.45) is 3.58. The number of rotatable bonds is 1. The van der Waals surface area contributed by atoms with Crippen LogP contribution >= 0.6 is 0 Å². The Bertz CT molecular complexity index is 106. The fourth-order valence-corrected chi connectivity index (χ4v) is 1.17. The average Bonchev–Trinajstić information content (AvgIpc) is 1.65. The molecule has 0 aliphatic heterocycles. The Morgan fingerprint density at radius 3 is 2.62 bits per heavy atom. The lowest BCUT2D eigenvalue weighted by molar-refractivity contribution is 0.239. The van der Waals surface area contributed by atoms with Crippen LogP contribution in [0.3, 0.4) is 0 Å². The van der Waals surface area contributed by atoms with Crippen LogP contribution in [0.15, 0.2) is 0 Å². The molecule has 8 heavy (non-hydrogen) atoms. The molecule has 0 aromatic heterocycles. The Morgan fingerprint density at radius 2 is 2.25 bits per heavy atom. The van der Waals surface area contributed by atoms with E-state index in [2.05, 4.69) is 13.0 Å². The molecule has 0 aromatic rings. The SMILES string of the molecule is CCC1CC(C#N)C1. The Labute approximate surface area is 50.3 Å². The Morgan fingerprint density at radius 1 is 1.62 bits per heavy atom. The van der Waals surface area contributed by atoms with Gasteiger partial charge in [0.15, 0.2) is 0 Å². The van der Waals surface area contributed by atoms with Gasteiger partial charge in [0.1, 0.15) is 0 Å². The van der Waals surface area contributed by atoms with Crippen molar-refractivity contribution in [3.8, 4) is 6.07 Å². The van der Waals surface area contributed by atoms with E-state index in [0.717, 1.165) is 18.8 Å². The molecule has 1 heteroatoms. The normalized spacial score (nSPS) is 35.5. The van der Waals surface area contributed by atoms with E-state index >= 15 is 0 Å². The van der Waals surface area contributed by atoms with Gasteiger partial charge in [-0.15, -0.1) is 0 Å². The first-order chi connectivity index (χ1) is 3.86. The quantitative estimate of drug-likeness (QED) is 0.505. The van der Waals surface area contributed by atoms with E-state index in [1.54, 1.807) is 0 Å². The van der Waals surface area contributed by atoms with Crippen molar-refractivity contribution in [2.45, 2.75) is 26.2 Å². The van der Waals surface area contributed by atoms with Crippen molar-refractivity contribution in [1.29, 1.82) is 5.26 Å². The molecule has 0 aromatic carbocycles. The Balaban J connectivity index is 2.14. The molecule has 1 nitrogen and oxygen atoms in total.